The highest BCUT2D eigenvalue weighted by Gasteiger charge is 2.20. The monoisotopic (exact) mass is 344 g/mol. The standard InChI is InChI=1S/C16H16N4O3S/c1-4-23-12-7-5-11(6-8-12)20-10(3)13(18-19-20)15-17-9(2)14(24-15)16(21)22/h5-8H,4H2,1-3H3,(H,21,22). The number of carboxylic acid groups (broad SMARTS) is 1. The van der Waals surface area contributed by atoms with Crippen molar-refractivity contribution in [3.8, 4) is 22.1 Å². The van der Waals surface area contributed by atoms with Crippen LogP contribution in [0.1, 0.15) is 28.0 Å². The number of carboxylic acids is 1. The number of aryl methyl sites for hydroxylation is 1. The second kappa shape index (κ2) is 6.40. The van der Waals surface area contributed by atoms with Crippen molar-refractivity contribution in [2.75, 3.05) is 6.61 Å². The number of thiazole rings is 1. The van der Waals surface area contributed by atoms with Gasteiger partial charge in [-0.1, -0.05) is 5.21 Å². The van der Waals surface area contributed by atoms with Crippen molar-refractivity contribution < 1.29 is 14.6 Å². The summed E-state index contributed by atoms with van der Waals surface area (Å²) in [5, 5.41) is 18.1. The molecule has 0 fully saturated rings. The summed E-state index contributed by atoms with van der Waals surface area (Å²) in [7, 11) is 0. The van der Waals surface area contributed by atoms with Gasteiger partial charge in [0.05, 0.1) is 23.7 Å². The maximum absolute atomic E-state index is 11.2. The number of aromatic nitrogens is 4. The van der Waals surface area contributed by atoms with Gasteiger partial charge in [-0.3, -0.25) is 0 Å². The molecule has 2 heterocycles. The van der Waals surface area contributed by atoms with Crippen LogP contribution in [0.2, 0.25) is 0 Å². The molecule has 0 saturated carbocycles. The average molecular weight is 344 g/mol. The van der Waals surface area contributed by atoms with Crippen molar-refractivity contribution in [1.82, 2.24) is 20.0 Å². The van der Waals surface area contributed by atoms with Crippen LogP contribution >= 0.6 is 11.3 Å². The maximum Gasteiger partial charge on any atom is 0.347 e. The zero-order valence-electron chi connectivity index (χ0n) is 13.5. The first-order chi connectivity index (χ1) is 11.5. The summed E-state index contributed by atoms with van der Waals surface area (Å²) >= 11 is 1.11. The molecule has 0 spiro atoms. The number of carbonyl (C=O) groups is 1. The van der Waals surface area contributed by atoms with E-state index < -0.39 is 5.97 Å². The smallest absolute Gasteiger partial charge is 0.347 e. The number of rotatable bonds is 5. The molecule has 0 radical (unpaired) electrons. The largest absolute Gasteiger partial charge is 0.494 e. The number of nitrogens with zero attached hydrogens (tertiary/aromatic N) is 4. The molecular formula is C16H16N4O3S. The van der Waals surface area contributed by atoms with E-state index >= 15 is 0 Å². The molecule has 7 nitrogen and oxygen atoms in total. The van der Waals surface area contributed by atoms with Gasteiger partial charge in [-0.25, -0.2) is 14.5 Å². The lowest BCUT2D eigenvalue weighted by molar-refractivity contribution is 0.0701. The molecule has 0 aliphatic rings. The molecule has 3 aromatic rings. The summed E-state index contributed by atoms with van der Waals surface area (Å²) in [4.78, 5) is 15.7. The van der Waals surface area contributed by atoms with Gasteiger partial charge in [-0.05, 0) is 45.0 Å². The van der Waals surface area contributed by atoms with Crippen molar-refractivity contribution in [3.05, 3.63) is 40.5 Å². The van der Waals surface area contributed by atoms with E-state index in [0.29, 0.717) is 23.0 Å². The van der Waals surface area contributed by atoms with E-state index in [1.54, 1.807) is 11.6 Å². The molecule has 1 aromatic carbocycles. The third kappa shape index (κ3) is 2.88. The van der Waals surface area contributed by atoms with Crippen LogP contribution < -0.4 is 4.74 Å². The first-order valence-electron chi connectivity index (χ1n) is 7.38. The molecule has 24 heavy (non-hydrogen) atoms. The summed E-state index contributed by atoms with van der Waals surface area (Å²) in [5.74, 6) is -0.186. The Bertz CT molecular complexity index is 883. The summed E-state index contributed by atoms with van der Waals surface area (Å²) in [5.41, 5.74) is 2.72. The predicted molar refractivity (Wildman–Crippen MR) is 90.1 cm³/mol. The number of hydrogen-bond acceptors (Lipinski definition) is 6. The van der Waals surface area contributed by atoms with Crippen LogP contribution in [-0.2, 0) is 0 Å². The third-order valence-electron chi connectivity index (χ3n) is 3.48. The van der Waals surface area contributed by atoms with E-state index in [0.717, 1.165) is 28.5 Å². The van der Waals surface area contributed by atoms with Gasteiger partial charge in [0.1, 0.15) is 21.3 Å². The zero-order valence-corrected chi connectivity index (χ0v) is 14.3. The van der Waals surface area contributed by atoms with E-state index in [1.807, 2.05) is 38.1 Å². The lowest BCUT2D eigenvalue weighted by Gasteiger charge is -2.06. The van der Waals surface area contributed by atoms with Crippen LogP contribution in [0.3, 0.4) is 0 Å². The van der Waals surface area contributed by atoms with Gasteiger partial charge in [0, 0.05) is 0 Å². The Balaban J connectivity index is 1.96. The Hall–Kier alpha value is -2.74. The van der Waals surface area contributed by atoms with Crippen LogP contribution in [0.4, 0.5) is 0 Å². The van der Waals surface area contributed by atoms with E-state index in [2.05, 4.69) is 15.3 Å². The number of aromatic carboxylic acids is 1. The molecular weight excluding hydrogens is 328 g/mol. The molecule has 0 bridgehead atoms. The topological polar surface area (TPSA) is 90.1 Å². The molecule has 0 aliphatic heterocycles. The molecule has 0 aliphatic carbocycles. The summed E-state index contributed by atoms with van der Waals surface area (Å²) in [6.45, 7) is 6.10. The second-order valence-electron chi connectivity index (χ2n) is 5.10. The zero-order chi connectivity index (χ0) is 17.3. The van der Waals surface area contributed by atoms with Gasteiger partial charge in [0.15, 0.2) is 0 Å². The maximum atomic E-state index is 11.2. The fraction of sp³-hybridized carbons (Fsp3) is 0.250. The Morgan fingerprint density at radius 1 is 1.29 bits per heavy atom. The molecule has 124 valence electrons. The first-order valence-corrected chi connectivity index (χ1v) is 8.19. The molecule has 1 N–H and O–H groups in total. The Morgan fingerprint density at radius 2 is 2.00 bits per heavy atom. The SMILES string of the molecule is CCOc1ccc(-n2nnc(-c3nc(C)c(C(=O)O)s3)c2C)cc1. The van der Waals surface area contributed by atoms with Crippen LogP contribution in [0, 0.1) is 13.8 Å². The minimum absolute atomic E-state index is 0.222. The van der Waals surface area contributed by atoms with Crippen LogP contribution in [0.5, 0.6) is 5.75 Å². The number of hydrogen-bond donors (Lipinski definition) is 1. The molecule has 2 aromatic heterocycles. The first kappa shape index (κ1) is 16.1. The van der Waals surface area contributed by atoms with E-state index in [-0.39, 0.29) is 4.88 Å². The highest BCUT2D eigenvalue weighted by atomic mass is 32.1. The Kier molecular flexibility index (Phi) is 4.30. The minimum Gasteiger partial charge on any atom is -0.494 e. The third-order valence-corrected chi connectivity index (χ3v) is 4.63. The lowest BCUT2D eigenvalue weighted by atomic mass is 10.3. The highest BCUT2D eigenvalue weighted by Crippen LogP contribution is 2.29. The summed E-state index contributed by atoms with van der Waals surface area (Å²) in [6.07, 6.45) is 0. The van der Waals surface area contributed by atoms with Gasteiger partial charge < -0.3 is 9.84 Å². The van der Waals surface area contributed by atoms with Crippen LogP contribution in [-0.4, -0.2) is 37.7 Å². The van der Waals surface area contributed by atoms with E-state index in [4.69, 9.17) is 9.84 Å². The summed E-state index contributed by atoms with van der Waals surface area (Å²) in [6, 6.07) is 7.53. The van der Waals surface area contributed by atoms with Crippen molar-refractivity contribution in [3.63, 3.8) is 0 Å². The normalized spacial score (nSPS) is 10.8. The molecule has 0 atom stereocenters. The van der Waals surface area contributed by atoms with Gasteiger partial charge in [-0.15, -0.1) is 16.4 Å². The van der Waals surface area contributed by atoms with Crippen molar-refractivity contribution in [2.24, 2.45) is 0 Å². The summed E-state index contributed by atoms with van der Waals surface area (Å²) < 4.78 is 7.13. The molecule has 0 saturated heterocycles. The number of ether oxygens (including phenoxy) is 1. The lowest BCUT2D eigenvalue weighted by Crippen LogP contribution is -1.99. The van der Waals surface area contributed by atoms with Gasteiger partial charge in [0.25, 0.3) is 0 Å². The van der Waals surface area contributed by atoms with Crippen LogP contribution in [0.15, 0.2) is 24.3 Å². The molecule has 0 amide bonds. The van der Waals surface area contributed by atoms with Crippen molar-refractivity contribution in [1.29, 1.82) is 0 Å². The van der Waals surface area contributed by atoms with Gasteiger partial charge in [0.2, 0.25) is 0 Å². The van der Waals surface area contributed by atoms with E-state index in [9.17, 15) is 4.79 Å². The molecule has 8 heteroatoms. The second-order valence-corrected chi connectivity index (χ2v) is 6.10. The fourth-order valence-corrected chi connectivity index (χ4v) is 3.26. The van der Waals surface area contributed by atoms with E-state index in [1.165, 1.54) is 0 Å². The Labute approximate surface area is 142 Å². The van der Waals surface area contributed by atoms with Gasteiger partial charge >= 0.3 is 5.97 Å². The Morgan fingerprint density at radius 3 is 2.58 bits per heavy atom. The average Bonchev–Trinajstić information content (AvgIpc) is 3.11. The molecule has 0 unspecified atom stereocenters. The van der Waals surface area contributed by atoms with Gasteiger partial charge in [-0.2, -0.15) is 0 Å². The van der Waals surface area contributed by atoms with Crippen molar-refractivity contribution >= 4 is 17.3 Å². The highest BCUT2D eigenvalue weighted by molar-refractivity contribution is 7.17. The number of benzene rings is 1. The minimum atomic E-state index is -0.979. The predicted octanol–water partition coefficient (Wildman–Crippen LogP) is 3.10. The quantitative estimate of drug-likeness (QED) is 0.765. The molecule has 3 rings (SSSR count). The van der Waals surface area contributed by atoms with Crippen LogP contribution in [0.25, 0.3) is 16.4 Å². The fourth-order valence-electron chi connectivity index (χ4n) is 2.32. The van der Waals surface area contributed by atoms with Crippen molar-refractivity contribution in [2.45, 2.75) is 20.8 Å².